The second-order valence-corrected chi connectivity index (χ2v) is 16.0. The molecule has 4 aromatic rings. The maximum atomic E-state index is 11.4. The van der Waals surface area contributed by atoms with Crippen molar-refractivity contribution in [2.75, 3.05) is 26.2 Å². The molecular weight excluding hydrogens is 716 g/mol. The van der Waals surface area contributed by atoms with Crippen molar-refractivity contribution in [3.63, 3.8) is 0 Å². The minimum Gasteiger partial charge on any atom is -0.479 e. The summed E-state index contributed by atoms with van der Waals surface area (Å²) in [5.74, 6) is -2.06. The summed E-state index contributed by atoms with van der Waals surface area (Å²) >= 11 is 0. The molecule has 14 nitrogen and oxygen atoms in total. The minimum absolute atomic E-state index is 0.166. The number of H-pyrrole nitrogens is 2. The third-order valence-corrected chi connectivity index (χ3v) is 12.1. The highest BCUT2D eigenvalue weighted by atomic mass is 16.4. The van der Waals surface area contributed by atoms with Crippen LogP contribution in [0.4, 0.5) is 0 Å². The van der Waals surface area contributed by atoms with Crippen molar-refractivity contribution in [2.45, 2.75) is 101 Å². The van der Waals surface area contributed by atoms with E-state index >= 15 is 0 Å². The largest absolute Gasteiger partial charge is 0.479 e. The Morgan fingerprint density at radius 3 is 1.43 bits per heavy atom. The van der Waals surface area contributed by atoms with Crippen LogP contribution in [0.1, 0.15) is 86.5 Å². The maximum absolute atomic E-state index is 11.4. The molecule has 14 heteroatoms. The second-order valence-electron chi connectivity index (χ2n) is 16.0. The van der Waals surface area contributed by atoms with Crippen LogP contribution in [-0.2, 0) is 32.0 Å². The third-order valence-electron chi connectivity index (χ3n) is 12.1. The Morgan fingerprint density at radius 1 is 0.696 bits per heavy atom. The van der Waals surface area contributed by atoms with E-state index in [0.717, 1.165) is 64.7 Å². The number of carboxylic acid groups (broad SMARTS) is 2. The number of rotatable bonds is 11. The Hall–Kier alpha value is -4.76. The van der Waals surface area contributed by atoms with E-state index in [2.05, 4.69) is 82.4 Å². The lowest BCUT2D eigenvalue weighted by Crippen LogP contribution is -2.50. The molecule has 2 unspecified atom stereocenters. The van der Waals surface area contributed by atoms with Gasteiger partial charge in [-0.25, -0.2) is 9.59 Å². The highest BCUT2D eigenvalue weighted by Gasteiger charge is 2.42. The highest BCUT2D eigenvalue weighted by molar-refractivity contribution is 5.89. The van der Waals surface area contributed by atoms with Gasteiger partial charge in [0.15, 0.2) is 12.2 Å². The van der Waals surface area contributed by atoms with E-state index in [-0.39, 0.29) is 11.8 Å². The third kappa shape index (κ3) is 8.63. The first-order chi connectivity index (χ1) is 26.8. The summed E-state index contributed by atoms with van der Waals surface area (Å²) in [6, 6.07) is 14.3. The number of nitrogens with two attached hydrogens (primary N) is 2. The van der Waals surface area contributed by atoms with E-state index in [9.17, 15) is 19.2 Å². The molecule has 2 fully saturated rings. The van der Waals surface area contributed by atoms with E-state index < -0.39 is 24.1 Å². The van der Waals surface area contributed by atoms with E-state index in [1.807, 2.05) is 0 Å². The summed E-state index contributed by atoms with van der Waals surface area (Å²) in [6.07, 6.45) is 7.56. The fourth-order valence-corrected chi connectivity index (χ4v) is 10.0. The molecule has 2 aromatic heterocycles. The molecule has 2 aliphatic carbocycles. The lowest BCUT2D eigenvalue weighted by Gasteiger charge is -2.47. The molecule has 0 bridgehead atoms. The summed E-state index contributed by atoms with van der Waals surface area (Å²) in [4.78, 5) is 54.5. The first kappa shape index (κ1) is 40.9. The molecule has 8 atom stereocenters. The fraction of sp³-hybridized carbons (Fsp3) is 0.524. The van der Waals surface area contributed by atoms with Crippen molar-refractivity contribution in [1.82, 2.24) is 19.8 Å². The van der Waals surface area contributed by atoms with E-state index in [1.165, 1.54) is 44.1 Å². The normalized spacial score (nSPS) is 25.1. The number of hydrogen-bond donors (Lipinski definition) is 8. The van der Waals surface area contributed by atoms with Gasteiger partial charge in [-0.2, -0.15) is 0 Å². The number of piperidine rings is 2. The van der Waals surface area contributed by atoms with E-state index in [0.29, 0.717) is 48.6 Å². The lowest BCUT2D eigenvalue weighted by molar-refractivity contribution is -0.165. The van der Waals surface area contributed by atoms with Gasteiger partial charge in [-0.3, -0.25) is 19.4 Å². The molecule has 10 N–H and O–H groups in total. The predicted molar refractivity (Wildman–Crippen MR) is 212 cm³/mol. The standard InChI is InChI=1S/2C19H25N3O.C4H6O6/c2*1-2-6-22-11-12(8-18(20)23)7-15-14-4-3-5-16-19(14)13(10-21-16)9-17(15)22;5-1(3(7)8)2(6)4(9)10/h2*3-5,10,12,15,17,21H,2,6-9,11H2,1H3,(H2,20,23);1-2,5-6H,(H,7,8)(H,9,10)/t2*12-,15?,17+;1-,2-/m001/s1. The van der Waals surface area contributed by atoms with Gasteiger partial charge in [-0.15, -0.1) is 0 Å². The Bertz CT molecular complexity index is 1900. The molecule has 2 aromatic carbocycles. The number of aliphatic hydroxyl groups is 2. The van der Waals surface area contributed by atoms with Crippen LogP contribution in [0.25, 0.3) is 21.8 Å². The first-order valence-electron chi connectivity index (χ1n) is 19.8. The van der Waals surface area contributed by atoms with Gasteiger partial charge in [0.05, 0.1) is 0 Å². The monoisotopic (exact) mass is 772 g/mol. The van der Waals surface area contributed by atoms with Gasteiger partial charge in [-0.1, -0.05) is 38.1 Å². The summed E-state index contributed by atoms with van der Waals surface area (Å²) in [7, 11) is 0. The molecule has 8 rings (SSSR count). The number of aromatic nitrogens is 2. The van der Waals surface area contributed by atoms with Crippen molar-refractivity contribution in [3.05, 3.63) is 71.0 Å². The summed E-state index contributed by atoms with van der Waals surface area (Å²) < 4.78 is 0. The first-order valence-corrected chi connectivity index (χ1v) is 19.8. The molecule has 0 saturated carbocycles. The number of amides is 2. The minimum atomic E-state index is -2.27. The van der Waals surface area contributed by atoms with Gasteiger partial charge in [0, 0.05) is 84.1 Å². The second kappa shape index (κ2) is 17.6. The Kier molecular flexibility index (Phi) is 12.8. The number of primary amides is 2. The molecule has 4 aliphatic rings. The van der Waals surface area contributed by atoms with Gasteiger partial charge in [0.2, 0.25) is 11.8 Å². The topological polar surface area (TPSA) is 239 Å². The Labute approximate surface area is 326 Å². The van der Waals surface area contributed by atoms with Gasteiger partial charge in [0.1, 0.15) is 0 Å². The predicted octanol–water partition coefficient (Wildman–Crippen LogP) is 3.44. The van der Waals surface area contributed by atoms with Crippen molar-refractivity contribution in [2.24, 2.45) is 23.3 Å². The molecular formula is C42H56N6O8. The number of fused-ring (bicyclic) bond motifs is 4. The Balaban J connectivity index is 0.000000154. The molecule has 0 radical (unpaired) electrons. The zero-order valence-corrected chi connectivity index (χ0v) is 32.2. The van der Waals surface area contributed by atoms with Gasteiger partial charge < -0.3 is 41.9 Å². The van der Waals surface area contributed by atoms with Crippen molar-refractivity contribution in [3.8, 4) is 0 Å². The van der Waals surface area contributed by atoms with Gasteiger partial charge >= 0.3 is 11.9 Å². The van der Waals surface area contributed by atoms with E-state index in [1.54, 1.807) is 0 Å². The number of benzene rings is 2. The van der Waals surface area contributed by atoms with Crippen LogP contribution < -0.4 is 11.5 Å². The number of aliphatic hydroxyl groups excluding tert-OH is 2. The van der Waals surface area contributed by atoms with Gasteiger partial charge in [-0.05, 0) is 97.8 Å². The lowest BCUT2D eigenvalue weighted by atomic mass is 9.71. The summed E-state index contributed by atoms with van der Waals surface area (Å²) in [6.45, 7) is 8.69. The van der Waals surface area contributed by atoms with Crippen LogP contribution in [0, 0.1) is 11.8 Å². The number of aliphatic carboxylic acids is 2. The van der Waals surface area contributed by atoms with Crippen molar-refractivity contribution >= 4 is 45.6 Å². The average Bonchev–Trinajstić information content (AvgIpc) is 3.77. The number of carbonyl (C=O) groups excluding carboxylic acids is 2. The van der Waals surface area contributed by atoms with Crippen LogP contribution in [-0.4, -0.2) is 114 Å². The number of hydrogen-bond acceptors (Lipinski definition) is 8. The number of aromatic amines is 2. The zero-order valence-electron chi connectivity index (χ0n) is 32.2. The summed E-state index contributed by atoms with van der Waals surface area (Å²) in [5, 5.41) is 35.4. The maximum Gasteiger partial charge on any atom is 0.335 e. The van der Waals surface area contributed by atoms with Crippen LogP contribution in [0.3, 0.4) is 0 Å². The molecule has 2 aliphatic heterocycles. The quantitative estimate of drug-likeness (QED) is 0.111. The average molecular weight is 773 g/mol. The number of likely N-dealkylation sites (tertiary alicyclic amines) is 2. The highest BCUT2D eigenvalue weighted by Crippen LogP contribution is 2.46. The van der Waals surface area contributed by atoms with Crippen molar-refractivity contribution < 1.29 is 39.6 Å². The molecule has 2 amide bonds. The molecule has 0 spiro atoms. The summed E-state index contributed by atoms with van der Waals surface area (Å²) in [5.41, 5.74) is 19.3. The fourth-order valence-electron chi connectivity index (χ4n) is 10.0. The van der Waals surface area contributed by atoms with Crippen LogP contribution in [0.15, 0.2) is 48.8 Å². The van der Waals surface area contributed by atoms with Gasteiger partial charge in [0.25, 0.3) is 0 Å². The number of carbonyl (C=O) groups is 4. The molecule has 4 heterocycles. The van der Waals surface area contributed by atoms with Crippen LogP contribution in [0.5, 0.6) is 0 Å². The van der Waals surface area contributed by atoms with E-state index in [4.69, 9.17) is 31.9 Å². The number of nitrogens with zero attached hydrogens (tertiary/aromatic N) is 2. The zero-order chi connectivity index (χ0) is 40.3. The van der Waals surface area contributed by atoms with Crippen LogP contribution in [0.2, 0.25) is 0 Å². The number of nitrogens with one attached hydrogen (secondary N) is 2. The van der Waals surface area contributed by atoms with Crippen molar-refractivity contribution in [1.29, 1.82) is 0 Å². The Morgan fingerprint density at radius 2 is 1.09 bits per heavy atom. The number of carboxylic acids is 2. The molecule has 56 heavy (non-hydrogen) atoms. The SMILES string of the molecule is CCCN1C[C@H](CC(N)=O)CC2c3cccc4[nH]cc(c34)C[C@H]21.CCCN1C[C@H](CC(N)=O)CC2c3cccc4[nH]cc(c34)C[C@H]21.O=C(O)[C@H](O)[C@@H](O)C(=O)O. The molecule has 2 saturated heterocycles. The smallest absolute Gasteiger partial charge is 0.335 e. The van der Waals surface area contributed by atoms with Crippen LogP contribution >= 0.6 is 0 Å². The molecule has 302 valence electrons.